The van der Waals surface area contributed by atoms with Crippen LogP contribution >= 0.6 is 11.3 Å². The molecule has 0 saturated carbocycles. The smallest absolute Gasteiger partial charge is 0.0441 e. The second-order valence-electron chi connectivity index (χ2n) is 3.30. The second kappa shape index (κ2) is 3.58. The second-order valence-corrected chi connectivity index (χ2v) is 4.28. The normalized spacial score (nSPS) is 24.9. The largest absolute Gasteiger partial charge is 0.296 e. The molecule has 1 fully saturated rings. The Morgan fingerprint density at radius 3 is 3.25 bits per heavy atom. The fourth-order valence-electron chi connectivity index (χ4n) is 2.01. The lowest BCUT2D eigenvalue weighted by Gasteiger charge is -2.21. The number of likely N-dealkylation sites (tertiary alicyclic amines) is 1. The zero-order chi connectivity index (χ0) is 8.39. The molecular formula is C10H15NS. The average Bonchev–Trinajstić information content (AvgIpc) is 2.74. The lowest BCUT2D eigenvalue weighted by atomic mass is 10.2. The number of hydrogen-bond acceptors (Lipinski definition) is 2. The molecule has 2 heterocycles. The number of thiophene rings is 1. The standard InChI is InChI=1S/C10H15NS/c1-2-11-7-3-5-9(11)10-6-4-8-12-10/h4,6,8-9H,2-3,5,7H2,1H3/t9-/m0/s1. The SMILES string of the molecule is CCN1CCC[C@H]1c1cccs1. The Morgan fingerprint density at radius 1 is 1.67 bits per heavy atom. The highest BCUT2D eigenvalue weighted by molar-refractivity contribution is 7.10. The zero-order valence-corrected chi connectivity index (χ0v) is 8.31. The van der Waals surface area contributed by atoms with Crippen molar-refractivity contribution < 1.29 is 0 Å². The number of nitrogens with zero attached hydrogens (tertiary/aromatic N) is 1. The minimum atomic E-state index is 0.731. The van der Waals surface area contributed by atoms with Gasteiger partial charge in [0.2, 0.25) is 0 Å². The van der Waals surface area contributed by atoms with Crippen LogP contribution in [0, 0.1) is 0 Å². The van der Waals surface area contributed by atoms with Crippen LogP contribution in [-0.4, -0.2) is 18.0 Å². The van der Waals surface area contributed by atoms with E-state index in [2.05, 4.69) is 29.3 Å². The molecule has 0 bridgehead atoms. The first-order chi connectivity index (χ1) is 5.92. The summed E-state index contributed by atoms with van der Waals surface area (Å²) < 4.78 is 0. The van der Waals surface area contributed by atoms with Crippen LogP contribution in [0.15, 0.2) is 17.5 Å². The average molecular weight is 181 g/mol. The van der Waals surface area contributed by atoms with Gasteiger partial charge in [-0.3, -0.25) is 4.90 Å². The first kappa shape index (κ1) is 8.27. The van der Waals surface area contributed by atoms with E-state index in [0.29, 0.717) is 0 Å². The molecule has 2 rings (SSSR count). The van der Waals surface area contributed by atoms with Gasteiger partial charge in [-0.05, 0) is 37.4 Å². The summed E-state index contributed by atoms with van der Waals surface area (Å²) in [5.74, 6) is 0. The molecule has 0 amide bonds. The fraction of sp³-hybridized carbons (Fsp3) is 0.600. The summed E-state index contributed by atoms with van der Waals surface area (Å²) in [5, 5.41) is 2.18. The summed E-state index contributed by atoms with van der Waals surface area (Å²) >= 11 is 1.90. The van der Waals surface area contributed by atoms with Crippen LogP contribution in [0.1, 0.15) is 30.7 Å². The third-order valence-corrected chi connectivity index (χ3v) is 3.61. The predicted molar refractivity (Wildman–Crippen MR) is 53.5 cm³/mol. The summed E-state index contributed by atoms with van der Waals surface area (Å²) in [6, 6.07) is 5.16. The van der Waals surface area contributed by atoms with E-state index < -0.39 is 0 Å². The molecule has 0 aliphatic carbocycles. The van der Waals surface area contributed by atoms with E-state index in [9.17, 15) is 0 Å². The highest BCUT2D eigenvalue weighted by atomic mass is 32.1. The van der Waals surface area contributed by atoms with Crippen molar-refractivity contribution in [2.75, 3.05) is 13.1 Å². The molecule has 1 atom stereocenters. The molecule has 1 nitrogen and oxygen atoms in total. The molecule has 2 heteroatoms. The van der Waals surface area contributed by atoms with Gasteiger partial charge in [-0.1, -0.05) is 13.0 Å². The molecular weight excluding hydrogens is 166 g/mol. The molecule has 1 aliphatic rings. The van der Waals surface area contributed by atoms with E-state index in [-0.39, 0.29) is 0 Å². The van der Waals surface area contributed by atoms with E-state index >= 15 is 0 Å². The van der Waals surface area contributed by atoms with Crippen molar-refractivity contribution in [1.82, 2.24) is 4.90 Å². The van der Waals surface area contributed by atoms with Gasteiger partial charge in [0.05, 0.1) is 0 Å². The first-order valence-electron chi connectivity index (χ1n) is 4.69. The van der Waals surface area contributed by atoms with E-state index in [1.54, 1.807) is 4.88 Å². The summed E-state index contributed by atoms with van der Waals surface area (Å²) in [7, 11) is 0. The van der Waals surface area contributed by atoms with Crippen LogP contribution in [-0.2, 0) is 0 Å². The van der Waals surface area contributed by atoms with Gasteiger partial charge < -0.3 is 0 Å². The highest BCUT2D eigenvalue weighted by Crippen LogP contribution is 2.33. The summed E-state index contributed by atoms with van der Waals surface area (Å²) in [5.41, 5.74) is 0. The van der Waals surface area contributed by atoms with Crippen LogP contribution in [0.4, 0.5) is 0 Å². The van der Waals surface area contributed by atoms with Crippen LogP contribution in [0.3, 0.4) is 0 Å². The molecule has 0 spiro atoms. The number of rotatable bonds is 2. The Balaban J connectivity index is 2.13. The van der Waals surface area contributed by atoms with Gasteiger partial charge >= 0.3 is 0 Å². The molecule has 66 valence electrons. The topological polar surface area (TPSA) is 3.24 Å². The van der Waals surface area contributed by atoms with Gasteiger partial charge in [-0.2, -0.15) is 0 Å². The van der Waals surface area contributed by atoms with Crippen LogP contribution in [0.5, 0.6) is 0 Å². The molecule has 1 aliphatic heterocycles. The molecule has 1 aromatic rings. The van der Waals surface area contributed by atoms with Crippen LogP contribution in [0.2, 0.25) is 0 Å². The third-order valence-electron chi connectivity index (χ3n) is 2.64. The maximum absolute atomic E-state index is 2.58. The molecule has 0 aromatic carbocycles. The van der Waals surface area contributed by atoms with E-state index in [1.807, 2.05) is 11.3 Å². The fourth-order valence-corrected chi connectivity index (χ4v) is 2.90. The van der Waals surface area contributed by atoms with Crippen molar-refractivity contribution in [3.8, 4) is 0 Å². The van der Waals surface area contributed by atoms with Crippen LogP contribution < -0.4 is 0 Å². The molecule has 0 radical (unpaired) electrons. The van der Waals surface area contributed by atoms with Gasteiger partial charge in [0.1, 0.15) is 0 Å². The zero-order valence-electron chi connectivity index (χ0n) is 7.49. The quantitative estimate of drug-likeness (QED) is 0.678. The number of hydrogen-bond donors (Lipinski definition) is 0. The van der Waals surface area contributed by atoms with Crippen molar-refractivity contribution in [3.63, 3.8) is 0 Å². The summed E-state index contributed by atoms with van der Waals surface area (Å²) in [6.07, 6.45) is 2.73. The van der Waals surface area contributed by atoms with Crippen LogP contribution in [0.25, 0.3) is 0 Å². The minimum absolute atomic E-state index is 0.731. The van der Waals surface area contributed by atoms with Crippen molar-refractivity contribution in [3.05, 3.63) is 22.4 Å². The Kier molecular flexibility index (Phi) is 2.47. The predicted octanol–water partition coefficient (Wildman–Crippen LogP) is 2.90. The summed E-state index contributed by atoms with van der Waals surface area (Å²) in [6.45, 7) is 4.74. The Morgan fingerprint density at radius 2 is 2.58 bits per heavy atom. The third kappa shape index (κ3) is 1.41. The van der Waals surface area contributed by atoms with E-state index in [0.717, 1.165) is 6.04 Å². The molecule has 1 saturated heterocycles. The molecule has 0 N–H and O–H groups in total. The Bertz CT molecular complexity index is 230. The summed E-state index contributed by atoms with van der Waals surface area (Å²) in [4.78, 5) is 4.13. The van der Waals surface area contributed by atoms with Gasteiger partial charge in [0.15, 0.2) is 0 Å². The lowest BCUT2D eigenvalue weighted by molar-refractivity contribution is 0.275. The van der Waals surface area contributed by atoms with Crippen molar-refractivity contribution >= 4 is 11.3 Å². The Labute approximate surface area is 78.0 Å². The van der Waals surface area contributed by atoms with E-state index in [4.69, 9.17) is 0 Å². The van der Waals surface area contributed by atoms with E-state index in [1.165, 1.54) is 25.9 Å². The van der Waals surface area contributed by atoms with Gasteiger partial charge in [-0.25, -0.2) is 0 Å². The molecule has 0 unspecified atom stereocenters. The lowest BCUT2D eigenvalue weighted by Crippen LogP contribution is -2.21. The van der Waals surface area contributed by atoms with Crippen molar-refractivity contribution in [2.45, 2.75) is 25.8 Å². The van der Waals surface area contributed by atoms with Gasteiger partial charge in [0, 0.05) is 10.9 Å². The maximum atomic E-state index is 2.58. The van der Waals surface area contributed by atoms with Gasteiger partial charge in [-0.15, -0.1) is 11.3 Å². The van der Waals surface area contributed by atoms with Gasteiger partial charge in [0.25, 0.3) is 0 Å². The maximum Gasteiger partial charge on any atom is 0.0441 e. The molecule has 12 heavy (non-hydrogen) atoms. The monoisotopic (exact) mass is 181 g/mol. The molecule has 1 aromatic heterocycles. The first-order valence-corrected chi connectivity index (χ1v) is 5.57. The van der Waals surface area contributed by atoms with Crippen molar-refractivity contribution in [2.24, 2.45) is 0 Å². The van der Waals surface area contributed by atoms with Crippen molar-refractivity contribution in [1.29, 1.82) is 0 Å². The Hall–Kier alpha value is -0.340. The highest BCUT2D eigenvalue weighted by Gasteiger charge is 2.24. The minimum Gasteiger partial charge on any atom is -0.296 e.